The number of carboxylic acid groups (broad SMARTS) is 1. The van der Waals surface area contributed by atoms with E-state index < -0.39 is 5.97 Å². The van der Waals surface area contributed by atoms with Gasteiger partial charge in [0.1, 0.15) is 5.78 Å². The largest absolute Gasteiger partial charge is 0.481 e. The minimum absolute atomic E-state index is 0.274. The number of carbonyl (C=O) groups is 2. The highest BCUT2D eigenvalue weighted by molar-refractivity contribution is 5.85. The number of rotatable bonds is 12. The van der Waals surface area contributed by atoms with E-state index in [1.807, 2.05) is 0 Å². The van der Waals surface area contributed by atoms with Gasteiger partial charge in [-0.3, -0.25) is 9.59 Å². The first kappa shape index (κ1) is 19.2. The summed E-state index contributed by atoms with van der Waals surface area (Å²) >= 11 is 0. The molecule has 0 spiro atoms. The lowest BCUT2D eigenvalue weighted by molar-refractivity contribution is -0.137. The number of allylic oxidation sites excluding steroid dienone is 2. The zero-order valence-electron chi connectivity index (χ0n) is 15.4. The van der Waals surface area contributed by atoms with E-state index in [0.717, 1.165) is 38.5 Å². The Balaban J connectivity index is 1.66. The van der Waals surface area contributed by atoms with Crippen LogP contribution in [0.2, 0.25) is 0 Å². The molecular weight excluding hydrogens is 300 g/mol. The van der Waals surface area contributed by atoms with E-state index in [2.05, 4.69) is 26.0 Å². The van der Waals surface area contributed by atoms with E-state index in [9.17, 15) is 9.59 Å². The van der Waals surface area contributed by atoms with Gasteiger partial charge in [0, 0.05) is 18.8 Å². The Morgan fingerprint density at radius 3 is 2.71 bits per heavy atom. The summed E-state index contributed by atoms with van der Waals surface area (Å²) in [6, 6.07) is 0. The van der Waals surface area contributed by atoms with Gasteiger partial charge in [0.15, 0.2) is 0 Å². The van der Waals surface area contributed by atoms with E-state index in [1.165, 1.54) is 19.3 Å². The molecule has 0 radical (unpaired) electrons. The molecule has 0 amide bonds. The molecule has 3 heteroatoms. The van der Waals surface area contributed by atoms with Crippen molar-refractivity contribution < 1.29 is 14.7 Å². The van der Waals surface area contributed by atoms with Gasteiger partial charge in [-0.15, -0.1) is 0 Å². The summed E-state index contributed by atoms with van der Waals surface area (Å²) in [5.41, 5.74) is 0. The van der Waals surface area contributed by atoms with Crippen molar-refractivity contribution in [1.29, 1.82) is 0 Å². The minimum atomic E-state index is -0.704. The highest BCUT2D eigenvalue weighted by atomic mass is 16.4. The van der Waals surface area contributed by atoms with Crippen LogP contribution in [0.4, 0.5) is 0 Å². The van der Waals surface area contributed by atoms with Crippen LogP contribution in [0.3, 0.4) is 0 Å². The average molecular weight is 335 g/mol. The first-order valence-electron chi connectivity index (χ1n) is 9.97. The molecule has 5 unspecified atom stereocenters. The molecule has 0 aromatic carbocycles. The van der Waals surface area contributed by atoms with Gasteiger partial charge in [-0.25, -0.2) is 0 Å². The number of hydrogen-bond donors (Lipinski definition) is 1. The van der Waals surface area contributed by atoms with E-state index in [4.69, 9.17) is 5.11 Å². The molecule has 1 N–H and O–H groups in total. The summed E-state index contributed by atoms with van der Waals surface area (Å²) in [7, 11) is 0. The van der Waals surface area contributed by atoms with Gasteiger partial charge in [-0.1, -0.05) is 58.1 Å². The molecule has 0 aromatic rings. The van der Waals surface area contributed by atoms with Crippen LogP contribution in [0.25, 0.3) is 0 Å². The van der Waals surface area contributed by atoms with Gasteiger partial charge >= 0.3 is 5.97 Å². The Labute approximate surface area is 146 Å². The van der Waals surface area contributed by atoms with Crippen LogP contribution in [0.15, 0.2) is 12.2 Å². The predicted molar refractivity (Wildman–Crippen MR) is 96.8 cm³/mol. The Morgan fingerprint density at radius 2 is 2.00 bits per heavy atom. The van der Waals surface area contributed by atoms with Gasteiger partial charge in [-0.05, 0) is 42.9 Å². The van der Waals surface area contributed by atoms with Gasteiger partial charge in [-0.2, -0.15) is 0 Å². The standard InChI is InChI=1S/C21H34O3/c1-3-4-9-15(2)12-13-16-18-14-19(22)17(21(16)18)10-7-5-6-8-11-20(23)24/h12-13,15-18,21H,3-11,14H2,1-2H3,(H,23,24)/b13-12+. The number of unbranched alkanes of at least 4 members (excludes halogenated alkanes) is 4. The molecule has 0 heterocycles. The van der Waals surface area contributed by atoms with Crippen molar-refractivity contribution in [2.75, 3.05) is 0 Å². The normalized spacial score (nSPS) is 29.8. The van der Waals surface area contributed by atoms with Crippen LogP contribution in [0, 0.1) is 29.6 Å². The van der Waals surface area contributed by atoms with Crippen LogP contribution in [-0.4, -0.2) is 16.9 Å². The van der Waals surface area contributed by atoms with Crippen LogP contribution >= 0.6 is 0 Å². The van der Waals surface area contributed by atoms with Crippen LogP contribution in [0.1, 0.15) is 78.1 Å². The number of hydrogen-bond acceptors (Lipinski definition) is 2. The van der Waals surface area contributed by atoms with Crippen LogP contribution < -0.4 is 0 Å². The second kappa shape index (κ2) is 9.39. The van der Waals surface area contributed by atoms with Crippen LogP contribution in [-0.2, 0) is 9.59 Å². The third-order valence-electron chi connectivity index (χ3n) is 5.94. The maximum absolute atomic E-state index is 12.1. The summed E-state index contributed by atoms with van der Waals surface area (Å²) in [4.78, 5) is 22.6. The molecule has 5 atom stereocenters. The van der Waals surface area contributed by atoms with E-state index in [0.29, 0.717) is 29.5 Å². The molecule has 3 nitrogen and oxygen atoms in total. The number of carboxylic acids is 1. The maximum atomic E-state index is 12.1. The third-order valence-corrected chi connectivity index (χ3v) is 5.94. The lowest BCUT2D eigenvalue weighted by atomic mass is 9.92. The van der Waals surface area contributed by atoms with E-state index in [-0.39, 0.29) is 12.3 Å². The smallest absolute Gasteiger partial charge is 0.303 e. The van der Waals surface area contributed by atoms with Crippen molar-refractivity contribution in [2.45, 2.75) is 78.1 Å². The second-order valence-electron chi connectivity index (χ2n) is 7.95. The number of aliphatic carboxylic acids is 1. The molecule has 2 aliphatic rings. The molecule has 0 aromatic heterocycles. The predicted octanol–water partition coefficient (Wildman–Crippen LogP) is 5.25. The monoisotopic (exact) mass is 334 g/mol. The molecule has 0 bridgehead atoms. The summed E-state index contributed by atoms with van der Waals surface area (Å²) < 4.78 is 0. The molecule has 2 fully saturated rings. The van der Waals surface area contributed by atoms with Gasteiger partial charge in [0.2, 0.25) is 0 Å². The van der Waals surface area contributed by atoms with Crippen molar-refractivity contribution in [3.63, 3.8) is 0 Å². The Morgan fingerprint density at radius 1 is 1.25 bits per heavy atom. The van der Waals surface area contributed by atoms with Crippen molar-refractivity contribution in [3.05, 3.63) is 12.2 Å². The minimum Gasteiger partial charge on any atom is -0.481 e. The third kappa shape index (κ3) is 5.46. The summed E-state index contributed by atoms with van der Waals surface area (Å²) in [5, 5.41) is 8.63. The van der Waals surface area contributed by atoms with Gasteiger partial charge in [0.05, 0.1) is 0 Å². The molecule has 2 aliphatic carbocycles. The highest BCUT2D eigenvalue weighted by Crippen LogP contribution is 2.60. The molecule has 136 valence electrons. The first-order valence-corrected chi connectivity index (χ1v) is 9.97. The lowest BCUT2D eigenvalue weighted by Crippen LogP contribution is -2.13. The van der Waals surface area contributed by atoms with Gasteiger partial charge in [0.25, 0.3) is 0 Å². The number of Topliss-reactive ketones (excluding diaryl/α,β-unsaturated/α-hetero) is 1. The van der Waals surface area contributed by atoms with Crippen molar-refractivity contribution in [3.8, 4) is 0 Å². The molecule has 2 saturated carbocycles. The molecule has 24 heavy (non-hydrogen) atoms. The average Bonchev–Trinajstić information content (AvgIpc) is 3.10. The SMILES string of the molecule is CCCCC(C)/C=C/C1C2CC(=O)C(CCCCCCC(=O)O)C12. The van der Waals surface area contributed by atoms with E-state index in [1.54, 1.807) is 0 Å². The summed E-state index contributed by atoms with van der Waals surface area (Å²) in [5.74, 6) is 2.63. The van der Waals surface area contributed by atoms with E-state index >= 15 is 0 Å². The Kier molecular flexibility index (Phi) is 7.51. The second-order valence-corrected chi connectivity index (χ2v) is 7.95. The Bertz CT molecular complexity index is 454. The Hall–Kier alpha value is -1.12. The molecular formula is C21H34O3. The van der Waals surface area contributed by atoms with Crippen molar-refractivity contribution in [2.24, 2.45) is 29.6 Å². The molecule has 0 aliphatic heterocycles. The molecule has 2 rings (SSSR count). The fourth-order valence-corrected chi connectivity index (χ4v) is 4.42. The zero-order chi connectivity index (χ0) is 17.5. The number of carbonyl (C=O) groups excluding carboxylic acids is 1. The van der Waals surface area contributed by atoms with Crippen molar-refractivity contribution >= 4 is 11.8 Å². The maximum Gasteiger partial charge on any atom is 0.303 e. The fourth-order valence-electron chi connectivity index (χ4n) is 4.42. The fraction of sp³-hybridized carbons (Fsp3) is 0.810. The topological polar surface area (TPSA) is 54.4 Å². The number of ketones is 1. The quantitative estimate of drug-likeness (QED) is 0.392. The highest BCUT2D eigenvalue weighted by Gasteiger charge is 2.59. The summed E-state index contributed by atoms with van der Waals surface area (Å²) in [6.45, 7) is 4.53. The van der Waals surface area contributed by atoms with Crippen LogP contribution in [0.5, 0.6) is 0 Å². The number of fused-ring (bicyclic) bond motifs is 1. The van der Waals surface area contributed by atoms with Gasteiger partial charge < -0.3 is 5.11 Å². The lowest BCUT2D eigenvalue weighted by Gasteiger charge is -2.12. The zero-order valence-corrected chi connectivity index (χ0v) is 15.4. The van der Waals surface area contributed by atoms with Crippen molar-refractivity contribution in [1.82, 2.24) is 0 Å². The summed E-state index contributed by atoms with van der Waals surface area (Å²) in [6.07, 6.45) is 14.6. The molecule has 0 saturated heterocycles. The first-order chi connectivity index (χ1) is 11.5.